The van der Waals surface area contributed by atoms with E-state index in [4.69, 9.17) is 10.5 Å². The lowest BCUT2D eigenvalue weighted by Gasteiger charge is -2.38. The Bertz CT molecular complexity index is 483. The van der Waals surface area contributed by atoms with Crippen LogP contribution in [0.5, 0.6) is 5.88 Å². The van der Waals surface area contributed by atoms with E-state index in [-0.39, 0.29) is 0 Å². The summed E-state index contributed by atoms with van der Waals surface area (Å²) >= 11 is 0. The molecule has 0 spiro atoms. The maximum Gasteiger partial charge on any atom is 0.239 e. The van der Waals surface area contributed by atoms with Crippen molar-refractivity contribution in [2.24, 2.45) is 11.3 Å². The molecule has 0 atom stereocenters. The highest BCUT2D eigenvalue weighted by Crippen LogP contribution is 2.33. The first-order valence-corrected chi connectivity index (χ1v) is 7.68. The van der Waals surface area contributed by atoms with Gasteiger partial charge in [-0.25, -0.2) is 0 Å². The highest BCUT2D eigenvalue weighted by Gasteiger charge is 2.27. The minimum Gasteiger partial charge on any atom is -0.476 e. The minimum absolute atomic E-state index is 0.357. The van der Waals surface area contributed by atoms with Gasteiger partial charge in [0, 0.05) is 13.1 Å². The van der Waals surface area contributed by atoms with Crippen molar-refractivity contribution in [3.8, 4) is 5.88 Å². The third kappa shape index (κ3) is 3.17. The van der Waals surface area contributed by atoms with Crippen LogP contribution in [0.2, 0.25) is 0 Å². The molecule has 1 aromatic heterocycles. The number of nitrogen functional groups attached to an aromatic ring is 1. The van der Waals surface area contributed by atoms with Gasteiger partial charge in [0.1, 0.15) is 5.82 Å². The zero-order valence-electron chi connectivity index (χ0n) is 12.6. The molecule has 20 heavy (non-hydrogen) atoms. The monoisotopic (exact) mass is 275 g/mol. The Morgan fingerprint density at radius 2 is 2.20 bits per heavy atom. The molecule has 0 radical (unpaired) electrons. The molecule has 0 aromatic carbocycles. The number of aromatic nitrogens is 1. The van der Waals surface area contributed by atoms with Crippen molar-refractivity contribution in [3.05, 3.63) is 12.1 Å². The zero-order chi connectivity index (χ0) is 14.2. The summed E-state index contributed by atoms with van der Waals surface area (Å²) in [7, 11) is 0. The molecular formula is C16H25N3O. The number of hydrogen-bond donors (Lipinski definition) is 1. The second kappa shape index (κ2) is 5.15. The van der Waals surface area contributed by atoms with E-state index < -0.39 is 0 Å². The number of rotatable bonds is 4. The topological polar surface area (TPSA) is 51.4 Å². The van der Waals surface area contributed by atoms with Crippen molar-refractivity contribution in [2.75, 3.05) is 30.3 Å². The van der Waals surface area contributed by atoms with Gasteiger partial charge in [-0.1, -0.05) is 13.8 Å². The molecule has 4 nitrogen and oxygen atoms in total. The van der Waals surface area contributed by atoms with Crippen LogP contribution in [-0.2, 0) is 0 Å². The lowest BCUT2D eigenvalue weighted by Crippen LogP contribution is -2.40. The van der Waals surface area contributed by atoms with Crippen LogP contribution in [0, 0.1) is 11.3 Å². The molecule has 110 valence electrons. The fraction of sp³-hybridized carbons (Fsp3) is 0.688. The van der Waals surface area contributed by atoms with Crippen molar-refractivity contribution in [3.63, 3.8) is 0 Å². The van der Waals surface area contributed by atoms with Crippen LogP contribution in [0.4, 0.5) is 11.5 Å². The summed E-state index contributed by atoms with van der Waals surface area (Å²) < 4.78 is 5.78. The Labute approximate surface area is 121 Å². The molecule has 1 aliphatic carbocycles. The van der Waals surface area contributed by atoms with E-state index in [1.54, 1.807) is 0 Å². The molecule has 0 amide bonds. The van der Waals surface area contributed by atoms with Gasteiger partial charge >= 0.3 is 0 Å². The van der Waals surface area contributed by atoms with E-state index >= 15 is 0 Å². The van der Waals surface area contributed by atoms with Crippen molar-refractivity contribution in [2.45, 2.75) is 39.5 Å². The molecule has 0 unspecified atom stereocenters. The van der Waals surface area contributed by atoms with Crippen LogP contribution in [0.1, 0.15) is 39.5 Å². The second-order valence-electron chi connectivity index (χ2n) is 7.01. The summed E-state index contributed by atoms with van der Waals surface area (Å²) in [5.41, 5.74) is 6.97. The molecule has 4 heteroatoms. The number of ether oxygens (including phenoxy) is 1. The summed E-state index contributed by atoms with van der Waals surface area (Å²) in [5, 5.41) is 0. The predicted octanol–water partition coefficient (Wildman–Crippen LogP) is 3.08. The van der Waals surface area contributed by atoms with Gasteiger partial charge in [0.2, 0.25) is 5.88 Å². The number of nitrogens with two attached hydrogens (primary N) is 1. The van der Waals surface area contributed by atoms with E-state index in [9.17, 15) is 0 Å². The van der Waals surface area contributed by atoms with Gasteiger partial charge in [0.25, 0.3) is 0 Å². The molecule has 2 fully saturated rings. The Morgan fingerprint density at radius 3 is 2.90 bits per heavy atom. The molecular weight excluding hydrogens is 250 g/mol. The third-order valence-electron chi connectivity index (χ3n) is 4.25. The van der Waals surface area contributed by atoms with Crippen LogP contribution >= 0.6 is 0 Å². The molecule has 2 N–H and O–H groups in total. The molecule has 1 aromatic rings. The van der Waals surface area contributed by atoms with Crippen molar-refractivity contribution in [1.29, 1.82) is 0 Å². The smallest absolute Gasteiger partial charge is 0.239 e. The first-order valence-electron chi connectivity index (χ1n) is 7.68. The Hall–Kier alpha value is -1.45. The maximum atomic E-state index is 5.97. The lowest BCUT2D eigenvalue weighted by molar-refractivity contribution is 0.283. The molecule has 0 bridgehead atoms. The quantitative estimate of drug-likeness (QED) is 0.917. The lowest BCUT2D eigenvalue weighted by atomic mass is 9.84. The van der Waals surface area contributed by atoms with Gasteiger partial charge in [-0.2, -0.15) is 4.98 Å². The SMILES string of the molecule is CC1(C)CCCN(c2ccc(N)c(OCC3CC3)n2)C1. The first-order chi connectivity index (χ1) is 9.53. The van der Waals surface area contributed by atoms with Gasteiger partial charge in [-0.15, -0.1) is 0 Å². The van der Waals surface area contributed by atoms with E-state index in [1.807, 2.05) is 12.1 Å². The third-order valence-corrected chi connectivity index (χ3v) is 4.25. The second-order valence-corrected chi connectivity index (χ2v) is 7.01. The number of hydrogen-bond acceptors (Lipinski definition) is 4. The van der Waals surface area contributed by atoms with Crippen LogP contribution in [-0.4, -0.2) is 24.7 Å². The molecule has 2 heterocycles. The molecule has 1 saturated heterocycles. The van der Waals surface area contributed by atoms with Gasteiger partial charge in [-0.05, 0) is 49.1 Å². The van der Waals surface area contributed by atoms with Crippen LogP contribution in [0.25, 0.3) is 0 Å². The minimum atomic E-state index is 0.357. The largest absolute Gasteiger partial charge is 0.476 e. The normalized spacial score (nSPS) is 21.8. The van der Waals surface area contributed by atoms with Crippen LogP contribution in [0.15, 0.2) is 12.1 Å². The first kappa shape index (κ1) is 13.5. The Balaban J connectivity index is 1.73. The van der Waals surface area contributed by atoms with Crippen molar-refractivity contribution >= 4 is 11.5 Å². The van der Waals surface area contributed by atoms with Crippen LogP contribution < -0.4 is 15.4 Å². The van der Waals surface area contributed by atoms with Gasteiger partial charge < -0.3 is 15.4 Å². The van der Waals surface area contributed by atoms with Crippen molar-refractivity contribution < 1.29 is 4.74 Å². The molecule has 2 aliphatic rings. The fourth-order valence-corrected chi connectivity index (χ4v) is 2.83. The number of pyridine rings is 1. The van der Waals surface area contributed by atoms with Gasteiger partial charge in [0.05, 0.1) is 12.3 Å². The van der Waals surface area contributed by atoms with Crippen LogP contribution in [0.3, 0.4) is 0 Å². The summed E-state index contributed by atoms with van der Waals surface area (Å²) in [5.74, 6) is 2.32. The average Bonchev–Trinajstić information content (AvgIpc) is 3.20. The Morgan fingerprint density at radius 1 is 1.40 bits per heavy atom. The average molecular weight is 275 g/mol. The highest BCUT2D eigenvalue weighted by molar-refractivity contribution is 5.54. The maximum absolute atomic E-state index is 5.97. The predicted molar refractivity (Wildman–Crippen MR) is 82.1 cm³/mol. The number of anilines is 2. The summed E-state index contributed by atoms with van der Waals surface area (Å²) in [6.07, 6.45) is 5.06. The van der Waals surface area contributed by atoms with E-state index in [2.05, 4.69) is 23.7 Å². The Kier molecular flexibility index (Phi) is 3.48. The number of nitrogens with zero attached hydrogens (tertiary/aromatic N) is 2. The van der Waals surface area contributed by atoms with E-state index in [0.717, 1.165) is 25.5 Å². The molecule has 3 rings (SSSR count). The van der Waals surface area contributed by atoms with Gasteiger partial charge in [-0.3, -0.25) is 0 Å². The standard InChI is InChI=1S/C16H25N3O/c1-16(2)8-3-9-19(11-16)14-7-6-13(17)15(18-14)20-10-12-4-5-12/h6-7,12H,3-5,8-11,17H2,1-2H3. The summed E-state index contributed by atoms with van der Waals surface area (Å²) in [6, 6.07) is 3.94. The molecule has 1 saturated carbocycles. The number of piperidine rings is 1. The summed E-state index contributed by atoms with van der Waals surface area (Å²) in [4.78, 5) is 6.99. The summed E-state index contributed by atoms with van der Waals surface area (Å²) in [6.45, 7) is 7.52. The zero-order valence-corrected chi connectivity index (χ0v) is 12.6. The highest BCUT2D eigenvalue weighted by atomic mass is 16.5. The van der Waals surface area contributed by atoms with E-state index in [0.29, 0.717) is 22.9 Å². The van der Waals surface area contributed by atoms with E-state index in [1.165, 1.54) is 25.7 Å². The van der Waals surface area contributed by atoms with Gasteiger partial charge in [0.15, 0.2) is 0 Å². The van der Waals surface area contributed by atoms with Crippen molar-refractivity contribution in [1.82, 2.24) is 4.98 Å². The fourth-order valence-electron chi connectivity index (χ4n) is 2.83. The molecule has 1 aliphatic heterocycles.